The predicted molar refractivity (Wildman–Crippen MR) is 74.4 cm³/mol. The summed E-state index contributed by atoms with van der Waals surface area (Å²) in [6, 6.07) is 8.22. The van der Waals surface area contributed by atoms with E-state index < -0.39 is 22.0 Å². The fourth-order valence-corrected chi connectivity index (χ4v) is 3.29. The summed E-state index contributed by atoms with van der Waals surface area (Å²) in [4.78, 5) is 11.9. The molecule has 1 amide bonds. The summed E-state index contributed by atoms with van der Waals surface area (Å²) >= 11 is 0. The summed E-state index contributed by atoms with van der Waals surface area (Å²) in [6.07, 6.45) is 0.422. The average molecular weight is 298 g/mol. The molecule has 1 heterocycles. The van der Waals surface area contributed by atoms with Gasteiger partial charge in [0.05, 0.1) is 17.9 Å². The zero-order valence-corrected chi connectivity index (χ0v) is 12.0. The first-order chi connectivity index (χ1) is 9.50. The molecule has 0 saturated carbocycles. The molecule has 0 unspecified atom stereocenters. The van der Waals surface area contributed by atoms with Crippen LogP contribution in [0.4, 0.5) is 0 Å². The lowest BCUT2D eigenvalue weighted by Gasteiger charge is -2.11. The van der Waals surface area contributed by atoms with E-state index in [-0.39, 0.29) is 11.9 Å². The second-order valence-corrected chi connectivity index (χ2v) is 6.49. The Kier molecular flexibility index (Phi) is 4.74. The minimum absolute atomic E-state index is 0.0532. The van der Waals surface area contributed by atoms with E-state index in [1.54, 1.807) is 31.4 Å². The van der Waals surface area contributed by atoms with Crippen molar-refractivity contribution in [3.8, 4) is 0 Å². The molecule has 1 aromatic carbocycles. The predicted octanol–water partition coefficient (Wildman–Crippen LogP) is 0.00950. The Labute approximate surface area is 118 Å². The minimum Gasteiger partial charge on any atom is -0.380 e. The molecule has 0 spiro atoms. The third kappa shape index (κ3) is 4.03. The van der Waals surface area contributed by atoms with Crippen LogP contribution in [0.3, 0.4) is 0 Å². The maximum Gasteiger partial charge on any atom is 0.250 e. The van der Waals surface area contributed by atoms with Crippen molar-refractivity contribution in [2.24, 2.45) is 0 Å². The SMILES string of the molecule is CO[C@@H]1CN[C@@H](C(=O)NS(=O)(=O)Cc2ccccc2)C1. The highest BCUT2D eigenvalue weighted by Gasteiger charge is 2.31. The number of carbonyl (C=O) groups excluding carboxylic acids is 1. The molecule has 7 heteroatoms. The van der Waals surface area contributed by atoms with Gasteiger partial charge in [0.15, 0.2) is 0 Å². The van der Waals surface area contributed by atoms with Crippen LogP contribution in [0.2, 0.25) is 0 Å². The van der Waals surface area contributed by atoms with Gasteiger partial charge in [0.25, 0.3) is 5.91 Å². The van der Waals surface area contributed by atoms with Gasteiger partial charge in [0.1, 0.15) is 0 Å². The molecule has 1 aromatic rings. The number of sulfonamides is 1. The summed E-state index contributed by atoms with van der Waals surface area (Å²) in [5.41, 5.74) is 0.641. The normalized spacial score (nSPS) is 22.6. The van der Waals surface area contributed by atoms with Gasteiger partial charge in [0, 0.05) is 13.7 Å². The largest absolute Gasteiger partial charge is 0.380 e. The monoisotopic (exact) mass is 298 g/mol. The van der Waals surface area contributed by atoms with Crippen LogP contribution in [0.1, 0.15) is 12.0 Å². The molecule has 2 rings (SSSR count). The van der Waals surface area contributed by atoms with Gasteiger partial charge < -0.3 is 10.1 Å². The maximum atomic E-state index is 11.9. The number of rotatable bonds is 5. The minimum atomic E-state index is -3.68. The fourth-order valence-electron chi connectivity index (χ4n) is 2.14. The van der Waals surface area contributed by atoms with Gasteiger partial charge in [-0.3, -0.25) is 9.52 Å². The molecule has 0 aromatic heterocycles. The second kappa shape index (κ2) is 6.34. The van der Waals surface area contributed by atoms with Gasteiger partial charge in [-0.1, -0.05) is 30.3 Å². The summed E-state index contributed by atoms with van der Waals surface area (Å²) in [6.45, 7) is 0.549. The van der Waals surface area contributed by atoms with Crippen molar-refractivity contribution in [3.05, 3.63) is 35.9 Å². The van der Waals surface area contributed by atoms with Crippen LogP contribution in [0.25, 0.3) is 0 Å². The van der Waals surface area contributed by atoms with Gasteiger partial charge in [-0.05, 0) is 12.0 Å². The van der Waals surface area contributed by atoms with Crippen molar-refractivity contribution in [1.29, 1.82) is 0 Å². The topological polar surface area (TPSA) is 84.5 Å². The van der Waals surface area contributed by atoms with Gasteiger partial charge in [-0.2, -0.15) is 0 Å². The summed E-state index contributed by atoms with van der Waals surface area (Å²) < 4.78 is 31.1. The Hall–Kier alpha value is -1.44. The van der Waals surface area contributed by atoms with Crippen LogP contribution in [0.5, 0.6) is 0 Å². The fraction of sp³-hybridized carbons (Fsp3) is 0.462. The Bertz CT molecular complexity index is 559. The van der Waals surface area contributed by atoms with Crippen LogP contribution in [-0.2, 0) is 25.3 Å². The lowest BCUT2D eigenvalue weighted by molar-refractivity contribution is -0.121. The first-order valence-electron chi connectivity index (χ1n) is 6.34. The number of ether oxygens (including phenoxy) is 1. The van der Waals surface area contributed by atoms with Crippen molar-refractivity contribution in [2.45, 2.75) is 24.3 Å². The lowest BCUT2D eigenvalue weighted by atomic mass is 10.2. The molecule has 0 radical (unpaired) electrons. The van der Waals surface area contributed by atoms with Crippen molar-refractivity contribution < 1.29 is 17.9 Å². The molecular formula is C13H18N2O4S. The Balaban J connectivity index is 1.93. The number of benzene rings is 1. The van der Waals surface area contributed by atoms with E-state index in [4.69, 9.17) is 4.74 Å². The Morgan fingerprint density at radius 3 is 2.70 bits per heavy atom. The summed E-state index contributed by atoms with van der Waals surface area (Å²) in [5.74, 6) is -0.736. The molecular weight excluding hydrogens is 280 g/mol. The number of carbonyl (C=O) groups is 1. The highest BCUT2D eigenvalue weighted by Crippen LogP contribution is 2.10. The molecule has 2 N–H and O–H groups in total. The molecule has 6 nitrogen and oxygen atoms in total. The van der Waals surface area contributed by atoms with Gasteiger partial charge in [-0.15, -0.1) is 0 Å². The molecule has 110 valence electrons. The smallest absolute Gasteiger partial charge is 0.250 e. The number of methoxy groups -OCH3 is 1. The zero-order chi connectivity index (χ0) is 14.6. The van der Waals surface area contributed by atoms with Crippen LogP contribution in [0, 0.1) is 0 Å². The number of amides is 1. The summed E-state index contributed by atoms with van der Waals surface area (Å²) in [5, 5.41) is 2.94. The Morgan fingerprint density at radius 2 is 2.10 bits per heavy atom. The molecule has 1 fully saturated rings. The average Bonchev–Trinajstić information content (AvgIpc) is 2.87. The second-order valence-electron chi connectivity index (χ2n) is 4.77. The van der Waals surface area contributed by atoms with Crippen LogP contribution in [0.15, 0.2) is 30.3 Å². The standard InChI is InChI=1S/C13H18N2O4S/c1-19-11-7-12(14-8-11)13(16)15-20(17,18)9-10-5-3-2-4-6-10/h2-6,11-12,14H,7-9H2,1H3,(H,15,16)/t11-,12+/m0/s1. The van der Waals surface area contributed by atoms with E-state index in [1.807, 2.05) is 6.07 Å². The quantitative estimate of drug-likeness (QED) is 0.800. The van der Waals surface area contributed by atoms with Gasteiger partial charge >= 0.3 is 0 Å². The van der Waals surface area contributed by atoms with Crippen molar-refractivity contribution in [3.63, 3.8) is 0 Å². The first kappa shape index (κ1) is 15.0. The van der Waals surface area contributed by atoms with E-state index >= 15 is 0 Å². The number of hydrogen-bond donors (Lipinski definition) is 2. The van der Waals surface area contributed by atoms with E-state index in [9.17, 15) is 13.2 Å². The van der Waals surface area contributed by atoms with E-state index in [0.29, 0.717) is 18.5 Å². The lowest BCUT2D eigenvalue weighted by Crippen LogP contribution is -2.43. The Morgan fingerprint density at radius 1 is 1.40 bits per heavy atom. The summed E-state index contributed by atoms with van der Waals surface area (Å²) in [7, 11) is -2.11. The van der Waals surface area contributed by atoms with Gasteiger partial charge in [-0.25, -0.2) is 8.42 Å². The first-order valence-corrected chi connectivity index (χ1v) is 8.00. The van der Waals surface area contributed by atoms with Crippen LogP contribution in [-0.4, -0.2) is 40.1 Å². The van der Waals surface area contributed by atoms with Crippen molar-refractivity contribution in [2.75, 3.05) is 13.7 Å². The van der Waals surface area contributed by atoms with Gasteiger partial charge in [0.2, 0.25) is 10.0 Å². The highest BCUT2D eigenvalue weighted by molar-refractivity contribution is 7.89. The number of nitrogens with one attached hydrogen (secondary N) is 2. The molecule has 0 aliphatic carbocycles. The maximum absolute atomic E-state index is 11.9. The number of hydrogen-bond acceptors (Lipinski definition) is 5. The van der Waals surface area contributed by atoms with Crippen molar-refractivity contribution in [1.82, 2.24) is 10.0 Å². The molecule has 20 heavy (non-hydrogen) atoms. The van der Waals surface area contributed by atoms with E-state index in [2.05, 4.69) is 10.0 Å². The van der Waals surface area contributed by atoms with E-state index in [1.165, 1.54) is 0 Å². The van der Waals surface area contributed by atoms with Crippen molar-refractivity contribution >= 4 is 15.9 Å². The highest BCUT2D eigenvalue weighted by atomic mass is 32.2. The molecule has 1 saturated heterocycles. The molecule has 1 aliphatic heterocycles. The van der Waals surface area contributed by atoms with E-state index in [0.717, 1.165) is 0 Å². The van der Waals surface area contributed by atoms with Crippen LogP contribution < -0.4 is 10.0 Å². The zero-order valence-electron chi connectivity index (χ0n) is 11.2. The molecule has 0 bridgehead atoms. The third-order valence-corrected chi connectivity index (χ3v) is 4.42. The third-order valence-electron chi connectivity index (χ3n) is 3.20. The van der Waals surface area contributed by atoms with Crippen LogP contribution >= 0.6 is 0 Å². The molecule has 1 aliphatic rings. The molecule has 2 atom stereocenters.